The number of amides is 2. The van der Waals surface area contributed by atoms with Gasteiger partial charge in [-0.25, -0.2) is 0 Å². The molecular weight excluding hydrogens is 554 g/mol. The van der Waals surface area contributed by atoms with Crippen molar-refractivity contribution in [3.63, 3.8) is 0 Å². The molecular formula is C20H36N2O8Se2. The van der Waals surface area contributed by atoms with Crippen LogP contribution in [0.3, 0.4) is 0 Å². The summed E-state index contributed by atoms with van der Waals surface area (Å²) in [7, 11) is 0. The van der Waals surface area contributed by atoms with Crippen molar-refractivity contribution in [2.45, 2.75) is 101 Å². The second kappa shape index (κ2) is 14.6. The minimum atomic E-state index is -0.936. The number of ether oxygens (including phenoxy) is 2. The Hall–Kier alpha value is -1.48. The van der Waals surface area contributed by atoms with Gasteiger partial charge in [0, 0.05) is 0 Å². The summed E-state index contributed by atoms with van der Waals surface area (Å²) in [4.78, 5) is 46.0. The number of carbonyl (C=O) groups is 4. The number of hydrogen-bond acceptors (Lipinski definition) is 6. The zero-order valence-electron chi connectivity index (χ0n) is 19.6. The van der Waals surface area contributed by atoms with E-state index in [2.05, 4.69) is 10.6 Å². The van der Waals surface area contributed by atoms with Gasteiger partial charge in [0.15, 0.2) is 0 Å². The zero-order chi connectivity index (χ0) is 24.9. The van der Waals surface area contributed by atoms with Crippen LogP contribution in [0.5, 0.6) is 0 Å². The number of hydrogen-bond donors (Lipinski definition) is 4. The molecule has 32 heavy (non-hydrogen) atoms. The van der Waals surface area contributed by atoms with Gasteiger partial charge in [0.2, 0.25) is 0 Å². The van der Waals surface area contributed by atoms with E-state index in [1.165, 1.54) is 0 Å². The molecule has 0 aromatic carbocycles. The summed E-state index contributed by atoms with van der Waals surface area (Å²) in [6, 6.07) is -0.641. The first kappa shape index (κ1) is 30.5. The second-order valence-corrected chi connectivity index (χ2v) is 16.6. The molecule has 10 nitrogen and oxygen atoms in total. The molecule has 2 atom stereocenters. The Balaban J connectivity index is 4.74. The van der Waals surface area contributed by atoms with Crippen LogP contribution in [-0.4, -0.2) is 83.9 Å². The average molecular weight is 590 g/mol. The fraction of sp³-hybridized carbons (Fsp3) is 0.800. The molecule has 0 unspecified atom stereocenters. The maximum atomic E-state index is 12.1. The number of carboxylic acid groups (broad SMARTS) is 2. The quantitative estimate of drug-likeness (QED) is 0.189. The van der Waals surface area contributed by atoms with Crippen LogP contribution < -0.4 is 10.6 Å². The Kier molecular flexibility index (Phi) is 13.9. The molecule has 0 aliphatic carbocycles. The van der Waals surface area contributed by atoms with Crippen LogP contribution in [0.2, 0.25) is 10.6 Å². The summed E-state index contributed by atoms with van der Waals surface area (Å²) >= 11 is 0.199. The normalized spacial score (nSPS) is 13.6. The van der Waals surface area contributed by atoms with Crippen LogP contribution in [0, 0.1) is 0 Å². The molecule has 0 saturated carbocycles. The van der Waals surface area contributed by atoms with Crippen molar-refractivity contribution < 1.29 is 38.9 Å². The molecule has 186 valence electrons. The fourth-order valence-electron chi connectivity index (χ4n) is 2.20. The first-order valence-electron chi connectivity index (χ1n) is 10.2. The summed E-state index contributed by atoms with van der Waals surface area (Å²) in [6.45, 7) is 10.5. The van der Waals surface area contributed by atoms with Crippen LogP contribution in [0.4, 0.5) is 9.59 Å². The molecule has 0 aromatic heterocycles. The molecule has 0 aliphatic heterocycles. The summed E-state index contributed by atoms with van der Waals surface area (Å²) in [5.41, 5.74) is -1.30. The predicted octanol–water partition coefficient (Wildman–Crippen LogP) is 2.66. The molecule has 0 rings (SSSR count). The fourth-order valence-corrected chi connectivity index (χ4v) is 10.0. The van der Waals surface area contributed by atoms with Crippen molar-refractivity contribution in [3.05, 3.63) is 0 Å². The van der Waals surface area contributed by atoms with Crippen molar-refractivity contribution in [2.75, 3.05) is 0 Å². The monoisotopic (exact) mass is 592 g/mol. The van der Waals surface area contributed by atoms with Crippen LogP contribution in [-0.2, 0) is 19.1 Å². The Morgan fingerprint density at radius 3 is 1.28 bits per heavy atom. The summed E-state index contributed by atoms with van der Waals surface area (Å²) in [6.07, 6.45) is -0.698. The van der Waals surface area contributed by atoms with Gasteiger partial charge in [-0.15, -0.1) is 0 Å². The molecule has 12 heteroatoms. The van der Waals surface area contributed by atoms with Gasteiger partial charge in [0.05, 0.1) is 0 Å². The number of carbonyl (C=O) groups excluding carboxylic acids is 2. The molecule has 4 N–H and O–H groups in total. The van der Waals surface area contributed by atoms with Gasteiger partial charge in [-0.05, 0) is 0 Å². The van der Waals surface area contributed by atoms with E-state index < -0.39 is 35.3 Å². The maximum absolute atomic E-state index is 12.1. The van der Waals surface area contributed by atoms with E-state index in [1.54, 1.807) is 41.5 Å². The summed E-state index contributed by atoms with van der Waals surface area (Å²) in [5.74, 6) is -1.87. The first-order valence-corrected chi connectivity index (χ1v) is 17.0. The number of rotatable bonds is 13. The Labute approximate surface area is 200 Å². The predicted molar refractivity (Wildman–Crippen MR) is 121 cm³/mol. The van der Waals surface area contributed by atoms with E-state index >= 15 is 0 Å². The van der Waals surface area contributed by atoms with E-state index in [4.69, 9.17) is 19.7 Å². The standard InChI is InChI=1S/C20H36N2O8Se2/c1-19(2,3)29-17(27)21-13(7-9-15(23)24)11-31-32-12-14(8-10-16(25)26)22-18(28)30-20(4,5)6/h13-14H,7-12H2,1-6H3,(H,21,27)(H,22,28)(H,23,24)(H,25,26)/t13-,14-/m0/s1. The molecule has 0 fully saturated rings. The topological polar surface area (TPSA) is 151 Å². The van der Waals surface area contributed by atoms with Gasteiger partial charge < -0.3 is 0 Å². The Bertz CT molecular complexity index is 578. The first-order chi connectivity index (χ1) is 14.6. The summed E-state index contributed by atoms with van der Waals surface area (Å²) in [5, 5.41) is 24.7. The number of aliphatic carboxylic acids is 2. The molecule has 0 bridgehead atoms. The molecule has 0 saturated heterocycles. The van der Waals surface area contributed by atoms with Crippen LogP contribution >= 0.6 is 0 Å². The van der Waals surface area contributed by atoms with Gasteiger partial charge in [-0.3, -0.25) is 0 Å². The Morgan fingerprint density at radius 2 is 1.03 bits per heavy atom. The van der Waals surface area contributed by atoms with Crippen molar-refractivity contribution in [2.24, 2.45) is 0 Å². The molecule has 0 spiro atoms. The molecule has 2 amide bonds. The van der Waals surface area contributed by atoms with E-state index in [-0.39, 0.29) is 51.2 Å². The van der Waals surface area contributed by atoms with Crippen molar-refractivity contribution in [3.8, 4) is 0 Å². The van der Waals surface area contributed by atoms with Crippen LogP contribution in [0.1, 0.15) is 67.2 Å². The van der Waals surface area contributed by atoms with Gasteiger partial charge in [-0.2, -0.15) is 0 Å². The third-order valence-corrected chi connectivity index (χ3v) is 10.9. The van der Waals surface area contributed by atoms with Crippen LogP contribution in [0.25, 0.3) is 0 Å². The average Bonchev–Trinajstić information content (AvgIpc) is 2.57. The number of carboxylic acids is 2. The Morgan fingerprint density at radius 1 is 0.719 bits per heavy atom. The van der Waals surface area contributed by atoms with E-state index in [0.717, 1.165) is 0 Å². The molecule has 0 heterocycles. The summed E-state index contributed by atoms with van der Waals surface area (Å²) < 4.78 is 10.5. The number of alkyl carbamates (subject to hydrolysis) is 2. The molecule has 0 radical (unpaired) electrons. The van der Waals surface area contributed by atoms with Gasteiger partial charge in [0.1, 0.15) is 0 Å². The third-order valence-electron chi connectivity index (χ3n) is 3.48. The van der Waals surface area contributed by atoms with Crippen molar-refractivity contribution in [1.29, 1.82) is 0 Å². The van der Waals surface area contributed by atoms with Gasteiger partial charge in [0.25, 0.3) is 0 Å². The second-order valence-electron chi connectivity index (χ2n) is 9.12. The van der Waals surface area contributed by atoms with Crippen molar-refractivity contribution >= 4 is 50.4 Å². The molecule has 0 aromatic rings. The zero-order valence-corrected chi connectivity index (χ0v) is 23.0. The minimum absolute atomic E-state index is 0.0645. The molecule has 0 aliphatic rings. The van der Waals surface area contributed by atoms with Gasteiger partial charge >= 0.3 is 201 Å². The van der Waals surface area contributed by atoms with Crippen molar-refractivity contribution in [1.82, 2.24) is 10.6 Å². The van der Waals surface area contributed by atoms with E-state index in [9.17, 15) is 19.2 Å². The van der Waals surface area contributed by atoms with Crippen LogP contribution in [0.15, 0.2) is 0 Å². The third kappa shape index (κ3) is 19.2. The van der Waals surface area contributed by atoms with E-state index in [1.807, 2.05) is 0 Å². The number of nitrogens with one attached hydrogen (secondary N) is 2. The van der Waals surface area contributed by atoms with Gasteiger partial charge in [-0.1, -0.05) is 0 Å². The SMILES string of the molecule is CC(C)(C)OC(=O)N[C@@H](CCC(=O)O)C[Se][Se]C[C@H](CCC(=O)O)NC(=O)OC(C)(C)C. The van der Waals surface area contributed by atoms with E-state index in [0.29, 0.717) is 23.5 Å².